The average molecular weight is 286 g/mol. The lowest BCUT2D eigenvalue weighted by Gasteiger charge is -2.19. The lowest BCUT2D eigenvalue weighted by molar-refractivity contribution is 0.223. The van der Waals surface area contributed by atoms with Crippen LogP contribution in [-0.2, 0) is 6.54 Å². The Morgan fingerprint density at radius 1 is 1.33 bits per heavy atom. The van der Waals surface area contributed by atoms with Gasteiger partial charge in [0.15, 0.2) is 0 Å². The molecular weight excluding hydrogens is 260 g/mol. The largest absolute Gasteiger partial charge is 0.492 e. The molecule has 1 aliphatic carbocycles. The molecule has 1 saturated carbocycles. The summed E-state index contributed by atoms with van der Waals surface area (Å²) in [4.78, 5) is 2.26. The van der Waals surface area contributed by atoms with Gasteiger partial charge in [-0.1, -0.05) is 31.0 Å². The Morgan fingerprint density at radius 2 is 2.14 bits per heavy atom. The first-order valence-corrected chi connectivity index (χ1v) is 7.93. The zero-order chi connectivity index (χ0) is 14.9. The van der Waals surface area contributed by atoms with Gasteiger partial charge in [-0.15, -0.1) is 6.42 Å². The van der Waals surface area contributed by atoms with Crippen molar-refractivity contribution in [2.24, 2.45) is 0 Å². The Morgan fingerprint density at radius 3 is 2.86 bits per heavy atom. The van der Waals surface area contributed by atoms with Gasteiger partial charge in [0.25, 0.3) is 0 Å². The van der Waals surface area contributed by atoms with Crippen LogP contribution >= 0.6 is 0 Å². The lowest BCUT2D eigenvalue weighted by Crippen LogP contribution is -2.29. The molecule has 0 aromatic heterocycles. The molecule has 0 spiro atoms. The molecule has 0 unspecified atom stereocenters. The second-order valence-corrected chi connectivity index (χ2v) is 5.59. The summed E-state index contributed by atoms with van der Waals surface area (Å²) >= 11 is 0. The van der Waals surface area contributed by atoms with Crippen molar-refractivity contribution in [2.45, 2.75) is 38.8 Å². The highest BCUT2D eigenvalue weighted by molar-refractivity contribution is 5.33. The van der Waals surface area contributed by atoms with Gasteiger partial charge in [-0.25, -0.2) is 0 Å². The molecule has 0 saturated heterocycles. The number of nitrogens with zero attached hydrogens (tertiary/aromatic N) is 1. The van der Waals surface area contributed by atoms with Crippen LogP contribution in [0.25, 0.3) is 0 Å². The summed E-state index contributed by atoms with van der Waals surface area (Å²) in [6.07, 6.45) is 9.13. The van der Waals surface area contributed by atoms with Gasteiger partial charge in [-0.05, 0) is 31.9 Å². The SMILES string of the molecule is C#CCN(CCC)CCOc1ccccc1CNC1CC1. The molecule has 0 heterocycles. The van der Waals surface area contributed by atoms with Crippen molar-refractivity contribution >= 4 is 0 Å². The number of ether oxygens (including phenoxy) is 1. The maximum absolute atomic E-state index is 5.96. The number of nitrogens with one attached hydrogen (secondary N) is 1. The van der Waals surface area contributed by atoms with Gasteiger partial charge in [-0.3, -0.25) is 4.90 Å². The predicted octanol–water partition coefficient (Wildman–Crippen LogP) is 2.66. The van der Waals surface area contributed by atoms with Crippen LogP contribution < -0.4 is 10.1 Å². The molecule has 21 heavy (non-hydrogen) atoms. The Kier molecular flexibility index (Phi) is 6.59. The number of benzene rings is 1. The van der Waals surface area contributed by atoms with Gasteiger partial charge in [0, 0.05) is 24.7 Å². The molecule has 1 aromatic rings. The summed E-state index contributed by atoms with van der Waals surface area (Å²) in [6.45, 7) is 6.35. The van der Waals surface area contributed by atoms with Gasteiger partial charge in [-0.2, -0.15) is 0 Å². The fraction of sp³-hybridized carbons (Fsp3) is 0.556. The van der Waals surface area contributed by atoms with E-state index in [1.54, 1.807) is 0 Å². The van der Waals surface area contributed by atoms with Crippen LogP contribution in [0.4, 0.5) is 0 Å². The summed E-state index contributed by atoms with van der Waals surface area (Å²) in [5, 5.41) is 3.54. The first-order valence-electron chi connectivity index (χ1n) is 7.93. The monoisotopic (exact) mass is 286 g/mol. The van der Waals surface area contributed by atoms with Crippen LogP contribution in [0.5, 0.6) is 5.75 Å². The Hall–Kier alpha value is -1.50. The molecule has 0 radical (unpaired) electrons. The van der Waals surface area contributed by atoms with Crippen molar-refractivity contribution in [2.75, 3.05) is 26.2 Å². The first kappa shape index (κ1) is 15.9. The van der Waals surface area contributed by atoms with E-state index >= 15 is 0 Å². The van der Waals surface area contributed by atoms with E-state index in [-0.39, 0.29) is 0 Å². The topological polar surface area (TPSA) is 24.5 Å². The number of hydrogen-bond acceptors (Lipinski definition) is 3. The molecule has 1 aromatic carbocycles. The number of hydrogen-bond donors (Lipinski definition) is 1. The summed E-state index contributed by atoms with van der Waals surface area (Å²) in [5.41, 5.74) is 1.24. The van der Waals surface area contributed by atoms with E-state index in [4.69, 9.17) is 11.2 Å². The molecule has 1 fully saturated rings. The highest BCUT2D eigenvalue weighted by Crippen LogP contribution is 2.22. The molecule has 2 rings (SSSR count). The molecule has 1 N–H and O–H groups in total. The zero-order valence-electron chi connectivity index (χ0n) is 13.0. The summed E-state index contributed by atoms with van der Waals surface area (Å²) in [6, 6.07) is 9.00. The normalized spacial score (nSPS) is 14.1. The molecule has 114 valence electrons. The van der Waals surface area contributed by atoms with Crippen LogP contribution in [0.1, 0.15) is 31.7 Å². The van der Waals surface area contributed by atoms with Crippen molar-refractivity contribution < 1.29 is 4.74 Å². The average Bonchev–Trinajstić information content (AvgIpc) is 3.31. The Labute approximate surface area is 128 Å². The minimum absolute atomic E-state index is 0.683. The quantitative estimate of drug-likeness (QED) is 0.669. The third kappa shape index (κ3) is 5.79. The van der Waals surface area contributed by atoms with Gasteiger partial charge in [0.1, 0.15) is 12.4 Å². The number of terminal acetylenes is 1. The van der Waals surface area contributed by atoms with E-state index < -0.39 is 0 Å². The Balaban J connectivity index is 1.79. The number of para-hydroxylation sites is 1. The highest BCUT2D eigenvalue weighted by Gasteiger charge is 2.20. The van der Waals surface area contributed by atoms with E-state index in [0.717, 1.165) is 31.8 Å². The third-order valence-electron chi connectivity index (χ3n) is 3.65. The Bertz CT molecular complexity index is 463. The van der Waals surface area contributed by atoms with Crippen molar-refractivity contribution in [3.05, 3.63) is 29.8 Å². The molecule has 0 amide bonds. The maximum atomic E-state index is 5.96. The number of rotatable bonds is 10. The summed E-state index contributed by atoms with van der Waals surface area (Å²) in [5.74, 6) is 3.70. The zero-order valence-corrected chi connectivity index (χ0v) is 13.0. The summed E-state index contributed by atoms with van der Waals surface area (Å²) < 4.78 is 5.96. The lowest BCUT2D eigenvalue weighted by atomic mass is 10.2. The molecule has 3 heteroatoms. The standard InChI is InChI=1S/C18H26N2O/c1-3-11-20(12-4-2)13-14-21-18-8-6-5-7-16(18)15-19-17-9-10-17/h1,5-8,17,19H,4,9-15H2,2H3. The molecule has 0 aliphatic heterocycles. The van der Waals surface area contributed by atoms with Crippen LogP contribution in [0.3, 0.4) is 0 Å². The van der Waals surface area contributed by atoms with E-state index in [1.165, 1.54) is 18.4 Å². The van der Waals surface area contributed by atoms with Gasteiger partial charge in [0.05, 0.1) is 6.54 Å². The van der Waals surface area contributed by atoms with Crippen molar-refractivity contribution in [3.8, 4) is 18.1 Å². The third-order valence-corrected chi connectivity index (χ3v) is 3.65. The first-order chi connectivity index (χ1) is 10.3. The smallest absolute Gasteiger partial charge is 0.123 e. The van der Waals surface area contributed by atoms with Gasteiger partial charge >= 0.3 is 0 Å². The summed E-state index contributed by atoms with van der Waals surface area (Å²) in [7, 11) is 0. The second kappa shape index (κ2) is 8.71. The van der Waals surface area contributed by atoms with Crippen LogP contribution in [0.15, 0.2) is 24.3 Å². The van der Waals surface area contributed by atoms with E-state index in [2.05, 4.69) is 41.3 Å². The van der Waals surface area contributed by atoms with Crippen LogP contribution in [0, 0.1) is 12.3 Å². The highest BCUT2D eigenvalue weighted by atomic mass is 16.5. The maximum Gasteiger partial charge on any atom is 0.123 e. The van der Waals surface area contributed by atoms with Gasteiger partial charge in [0.2, 0.25) is 0 Å². The van der Waals surface area contributed by atoms with Gasteiger partial charge < -0.3 is 10.1 Å². The van der Waals surface area contributed by atoms with Crippen LogP contribution in [-0.4, -0.2) is 37.2 Å². The van der Waals surface area contributed by atoms with Crippen molar-refractivity contribution in [1.29, 1.82) is 0 Å². The van der Waals surface area contributed by atoms with Crippen molar-refractivity contribution in [1.82, 2.24) is 10.2 Å². The molecule has 1 aliphatic rings. The minimum atomic E-state index is 0.683. The fourth-order valence-corrected chi connectivity index (χ4v) is 2.33. The van der Waals surface area contributed by atoms with E-state index in [1.807, 2.05) is 6.07 Å². The fourth-order valence-electron chi connectivity index (χ4n) is 2.33. The van der Waals surface area contributed by atoms with E-state index in [9.17, 15) is 0 Å². The predicted molar refractivity (Wildman–Crippen MR) is 87.4 cm³/mol. The van der Waals surface area contributed by atoms with Crippen LogP contribution in [0.2, 0.25) is 0 Å². The molecule has 0 bridgehead atoms. The molecule has 0 atom stereocenters. The second-order valence-electron chi connectivity index (χ2n) is 5.59. The molecule has 3 nitrogen and oxygen atoms in total. The minimum Gasteiger partial charge on any atom is -0.492 e. The van der Waals surface area contributed by atoms with E-state index in [0.29, 0.717) is 19.2 Å². The van der Waals surface area contributed by atoms with Crippen molar-refractivity contribution in [3.63, 3.8) is 0 Å². The molecular formula is C18H26N2O.